The Hall–Kier alpha value is -1.55. The van der Waals surface area contributed by atoms with Crippen molar-refractivity contribution in [3.8, 4) is 0 Å². The summed E-state index contributed by atoms with van der Waals surface area (Å²) in [6.45, 7) is 3.45. The van der Waals surface area contributed by atoms with E-state index in [0.29, 0.717) is 6.54 Å². The molecule has 0 aliphatic heterocycles. The fourth-order valence-electron chi connectivity index (χ4n) is 2.04. The number of likely N-dealkylation sites (N-methyl/N-ethyl adjacent to an activating group) is 2. The molecule has 4 nitrogen and oxygen atoms in total. The first kappa shape index (κ1) is 13.9. The van der Waals surface area contributed by atoms with E-state index in [9.17, 15) is 4.79 Å². The molecule has 1 aliphatic rings. The van der Waals surface area contributed by atoms with E-state index in [-0.39, 0.29) is 5.91 Å². The molecule has 0 bridgehead atoms. The van der Waals surface area contributed by atoms with E-state index in [1.807, 2.05) is 11.9 Å². The van der Waals surface area contributed by atoms with E-state index in [1.165, 1.54) is 24.0 Å². The molecule has 1 aliphatic carbocycles. The van der Waals surface area contributed by atoms with E-state index >= 15 is 0 Å². The maximum absolute atomic E-state index is 11.4. The van der Waals surface area contributed by atoms with E-state index in [4.69, 9.17) is 0 Å². The summed E-state index contributed by atoms with van der Waals surface area (Å²) in [7, 11) is 3.60. The molecule has 0 heterocycles. The summed E-state index contributed by atoms with van der Waals surface area (Å²) in [5.74, 6) is 0.0274. The largest absolute Gasteiger partial charge is 0.365 e. The van der Waals surface area contributed by atoms with Gasteiger partial charge in [0.2, 0.25) is 5.91 Å². The van der Waals surface area contributed by atoms with Crippen LogP contribution in [0.5, 0.6) is 0 Å². The highest BCUT2D eigenvalue weighted by molar-refractivity contribution is 5.80. The average molecular weight is 261 g/mol. The Morgan fingerprint density at radius 1 is 1.42 bits per heavy atom. The second-order valence-corrected chi connectivity index (χ2v) is 5.30. The Balaban J connectivity index is 1.98. The molecule has 104 valence electrons. The normalized spacial score (nSPS) is 14.3. The Morgan fingerprint density at radius 2 is 2.16 bits per heavy atom. The van der Waals surface area contributed by atoms with Crippen LogP contribution >= 0.6 is 0 Å². The molecule has 0 aromatic heterocycles. The third-order valence-electron chi connectivity index (χ3n) is 3.59. The zero-order valence-corrected chi connectivity index (χ0v) is 12.0. The SMILES string of the molecule is CNC(=O)CN(C)c1ccc(CNC2CC2)c(C)c1. The average Bonchev–Trinajstić information content (AvgIpc) is 3.21. The Morgan fingerprint density at radius 3 is 2.74 bits per heavy atom. The van der Waals surface area contributed by atoms with Gasteiger partial charge < -0.3 is 15.5 Å². The van der Waals surface area contributed by atoms with Gasteiger partial charge in [0.15, 0.2) is 0 Å². The molecule has 0 saturated heterocycles. The number of carbonyl (C=O) groups excluding carboxylic acids is 1. The lowest BCUT2D eigenvalue weighted by atomic mass is 10.1. The van der Waals surface area contributed by atoms with Crippen LogP contribution < -0.4 is 15.5 Å². The lowest BCUT2D eigenvalue weighted by molar-refractivity contribution is -0.119. The molecular weight excluding hydrogens is 238 g/mol. The van der Waals surface area contributed by atoms with Crippen molar-refractivity contribution in [1.82, 2.24) is 10.6 Å². The van der Waals surface area contributed by atoms with Crippen molar-refractivity contribution in [3.63, 3.8) is 0 Å². The predicted octanol–water partition coefficient (Wildman–Crippen LogP) is 1.43. The van der Waals surface area contributed by atoms with Crippen LogP contribution in [-0.2, 0) is 11.3 Å². The summed E-state index contributed by atoms with van der Waals surface area (Å²) in [5, 5.41) is 6.17. The number of rotatable bonds is 6. The van der Waals surface area contributed by atoms with Crippen LogP contribution in [0.4, 0.5) is 5.69 Å². The van der Waals surface area contributed by atoms with Gasteiger partial charge in [0.25, 0.3) is 0 Å². The highest BCUT2D eigenvalue weighted by atomic mass is 16.1. The number of carbonyl (C=O) groups is 1. The molecule has 1 saturated carbocycles. The number of amides is 1. The minimum absolute atomic E-state index is 0.0274. The van der Waals surface area contributed by atoms with Crippen LogP contribution in [0, 0.1) is 6.92 Å². The molecule has 19 heavy (non-hydrogen) atoms. The van der Waals surface area contributed by atoms with Crippen LogP contribution in [0.2, 0.25) is 0 Å². The zero-order chi connectivity index (χ0) is 13.8. The van der Waals surface area contributed by atoms with Crippen LogP contribution in [0.15, 0.2) is 18.2 Å². The van der Waals surface area contributed by atoms with E-state index in [0.717, 1.165) is 18.3 Å². The monoisotopic (exact) mass is 261 g/mol. The van der Waals surface area contributed by atoms with Crippen molar-refractivity contribution in [3.05, 3.63) is 29.3 Å². The van der Waals surface area contributed by atoms with E-state index < -0.39 is 0 Å². The molecule has 0 atom stereocenters. The molecule has 0 unspecified atom stereocenters. The number of nitrogens with zero attached hydrogens (tertiary/aromatic N) is 1. The van der Waals surface area contributed by atoms with Gasteiger partial charge in [-0.2, -0.15) is 0 Å². The number of hydrogen-bond donors (Lipinski definition) is 2. The highest BCUT2D eigenvalue weighted by Gasteiger charge is 2.20. The second-order valence-electron chi connectivity index (χ2n) is 5.30. The molecule has 2 rings (SSSR count). The zero-order valence-electron chi connectivity index (χ0n) is 12.0. The first-order valence-electron chi connectivity index (χ1n) is 6.85. The summed E-state index contributed by atoms with van der Waals surface area (Å²) in [5.41, 5.74) is 3.69. The molecule has 1 amide bonds. The van der Waals surface area contributed by atoms with Crippen molar-refractivity contribution in [2.45, 2.75) is 32.4 Å². The third kappa shape index (κ3) is 3.96. The van der Waals surface area contributed by atoms with E-state index in [1.54, 1.807) is 7.05 Å². The molecule has 2 N–H and O–H groups in total. The summed E-state index contributed by atoms with van der Waals surface area (Å²) < 4.78 is 0. The Labute approximate surface area is 115 Å². The van der Waals surface area contributed by atoms with Gasteiger partial charge in [0.05, 0.1) is 6.54 Å². The molecule has 0 radical (unpaired) electrons. The maximum Gasteiger partial charge on any atom is 0.239 e. The second kappa shape index (κ2) is 6.06. The van der Waals surface area contributed by atoms with Gasteiger partial charge in [0.1, 0.15) is 0 Å². The number of aryl methyl sites for hydroxylation is 1. The number of benzene rings is 1. The minimum atomic E-state index is 0.0274. The molecule has 1 aromatic carbocycles. The van der Waals surface area contributed by atoms with Gasteiger partial charge in [-0.3, -0.25) is 4.79 Å². The third-order valence-corrected chi connectivity index (χ3v) is 3.59. The Bertz CT molecular complexity index is 455. The van der Waals surface area contributed by atoms with Crippen molar-refractivity contribution in [2.24, 2.45) is 0 Å². The molecule has 1 aromatic rings. The molecule has 0 spiro atoms. The lowest BCUT2D eigenvalue weighted by Crippen LogP contribution is -2.33. The van der Waals surface area contributed by atoms with Crippen molar-refractivity contribution < 1.29 is 4.79 Å². The van der Waals surface area contributed by atoms with Crippen LogP contribution in [0.3, 0.4) is 0 Å². The van der Waals surface area contributed by atoms with Gasteiger partial charge >= 0.3 is 0 Å². The van der Waals surface area contributed by atoms with Crippen molar-refractivity contribution in [2.75, 3.05) is 25.5 Å². The predicted molar refractivity (Wildman–Crippen MR) is 78.4 cm³/mol. The first-order chi connectivity index (χ1) is 9.10. The van der Waals surface area contributed by atoms with Crippen LogP contribution in [-0.4, -0.2) is 32.6 Å². The maximum atomic E-state index is 11.4. The van der Waals surface area contributed by atoms with Crippen molar-refractivity contribution >= 4 is 11.6 Å². The topological polar surface area (TPSA) is 44.4 Å². The molecule has 1 fully saturated rings. The molecular formula is C15H23N3O. The Kier molecular flexibility index (Phi) is 4.43. The number of nitrogens with one attached hydrogen (secondary N) is 2. The van der Waals surface area contributed by atoms with Gasteiger partial charge in [-0.15, -0.1) is 0 Å². The number of hydrogen-bond acceptors (Lipinski definition) is 3. The smallest absolute Gasteiger partial charge is 0.239 e. The standard InChI is InChI=1S/C15H23N3O/c1-11-8-14(18(3)10-15(19)16-2)7-4-12(11)9-17-13-5-6-13/h4,7-8,13,17H,5-6,9-10H2,1-3H3,(H,16,19). The summed E-state index contributed by atoms with van der Waals surface area (Å²) >= 11 is 0. The minimum Gasteiger partial charge on any atom is -0.365 e. The van der Waals surface area contributed by atoms with Gasteiger partial charge in [-0.05, 0) is 43.0 Å². The fourth-order valence-corrected chi connectivity index (χ4v) is 2.04. The summed E-state index contributed by atoms with van der Waals surface area (Å²) in [6, 6.07) is 7.11. The van der Waals surface area contributed by atoms with Gasteiger partial charge in [0, 0.05) is 32.4 Å². The molecule has 4 heteroatoms. The van der Waals surface area contributed by atoms with E-state index in [2.05, 4.69) is 35.8 Å². The van der Waals surface area contributed by atoms with Gasteiger partial charge in [-0.25, -0.2) is 0 Å². The quantitative estimate of drug-likeness (QED) is 0.814. The summed E-state index contributed by atoms with van der Waals surface area (Å²) in [4.78, 5) is 13.3. The van der Waals surface area contributed by atoms with Gasteiger partial charge in [-0.1, -0.05) is 6.07 Å². The first-order valence-corrected chi connectivity index (χ1v) is 6.85. The fraction of sp³-hybridized carbons (Fsp3) is 0.533. The highest BCUT2D eigenvalue weighted by Crippen LogP contribution is 2.22. The van der Waals surface area contributed by atoms with Crippen LogP contribution in [0.25, 0.3) is 0 Å². The lowest BCUT2D eigenvalue weighted by Gasteiger charge is -2.19. The number of anilines is 1. The van der Waals surface area contributed by atoms with Crippen LogP contribution in [0.1, 0.15) is 24.0 Å². The summed E-state index contributed by atoms with van der Waals surface area (Å²) in [6.07, 6.45) is 2.62. The van der Waals surface area contributed by atoms with Crippen molar-refractivity contribution in [1.29, 1.82) is 0 Å².